The van der Waals surface area contributed by atoms with Gasteiger partial charge in [0.05, 0.1) is 0 Å². The third-order valence-electron chi connectivity index (χ3n) is 3.02. The molecule has 1 fully saturated rings. The van der Waals surface area contributed by atoms with Crippen LogP contribution in [-0.2, 0) is 0 Å². The first-order valence-electron chi connectivity index (χ1n) is 5.86. The molecule has 0 aliphatic carbocycles. The molecular formula is C12H26N2. The summed E-state index contributed by atoms with van der Waals surface area (Å²) < 4.78 is 0. The van der Waals surface area contributed by atoms with Gasteiger partial charge in [0.25, 0.3) is 0 Å². The highest BCUT2D eigenvalue weighted by Gasteiger charge is 2.28. The Balaban J connectivity index is 2.31. The van der Waals surface area contributed by atoms with E-state index in [1.165, 1.54) is 6.42 Å². The van der Waals surface area contributed by atoms with Gasteiger partial charge >= 0.3 is 0 Å². The highest BCUT2D eigenvalue weighted by atomic mass is 15.1. The van der Waals surface area contributed by atoms with Crippen LogP contribution in [0, 0.1) is 11.3 Å². The summed E-state index contributed by atoms with van der Waals surface area (Å²) in [5.74, 6) is 0.792. The molecule has 14 heavy (non-hydrogen) atoms. The van der Waals surface area contributed by atoms with Gasteiger partial charge in [-0.2, -0.15) is 0 Å². The summed E-state index contributed by atoms with van der Waals surface area (Å²) in [5.41, 5.74) is 0.371. The Morgan fingerprint density at radius 3 is 2.14 bits per heavy atom. The summed E-state index contributed by atoms with van der Waals surface area (Å²) in [6.07, 6.45) is 1.28. The molecule has 2 unspecified atom stereocenters. The van der Waals surface area contributed by atoms with Crippen molar-refractivity contribution in [2.24, 2.45) is 11.3 Å². The lowest BCUT2D eigenvalue weighted by Gasteiger charge is -2.39. The number of rotatable bonds is 2. The van der Waals surface area contributed by atoms with Gasteiger partial charge in [0.1, 0.15) is 0 Å². The second-order valence-corrected chi connectivity index (χ2v) is 6.06. The minimum atomic E-state index is 0.371. The van der Waals surface area contributed by atoms with Crippen LogP contribution in [0.15, 0.2) is 0 Å². The van der Waals surface area contributed by atoms with Crippen LogP contribution >= 0.6 is 0 Å². The fourth-order valence-electron chi connectivity index (χ4n) is 2.06. The van der Waals surface area contributed by atoms with Crippen LogP contribution in [-0.4, -0.2) is 25.2 Å². The van der Waals surface area contributed by atoms with Crippen LogP contribution in [0.25, 0.3) is 0 Å². The molecule has 2 atom stereocenters. The molecule has 1 rings (SSSR count). The average Bonchev–Trinajstić information content (AvgIpc) is 2.02. The van der Waals surface area contributed by atoms with E-state index >= 15 is 0 Å². The molecule has 2 nitrogen and oxygen atoms in total. The fraction of sp³-hybridized carbons (Fsp3) is 1.00. The second-order valence-electron chi connectivity index (χ2n) is 6.06. The average molecular weight is 198 g/mol. The molecule has 2 N–H and O–H groups in total. The Bertz CT molecular complexity index is 162. The molecule has 0 aromatic heterocycles. The van der Waals surface area contributed by atoms with Gasteiger partial charge < -0.3 is 10.6 Å². The first-order valence-corrected chi connectivity index (χ1v) is 5.86. The topological polar surface area (TPSA) is 24.1 Å². The van der Waals surface area contributed by atoms with Crippen molar-refractivity contribution in [2.45, 2.75) is 53.1 Å². The Labute approximate surface area is 88.8 Å². The molecule has 0 aromatic rings. The zero-order valence-corrected chi connectivity index (χ0v) is 10.4. The standard InChI is InChI=1S/C12H26N2/c1-9(2)6-10-7-14-11(8-13-10)12(3,4)5/h9-11,13-14H,6-8H2,1-5H3. The van der Waals surface area contributed by atoms with Crippen molar-refractivity contribution in [1.82, 2.24) is 10.6 Å². The van der Waals surface area contributed by atoms with E-state index in [-0.39, 0.29) is 0 Å². The fourth-order valence-corrected chi connectivity index (χ4v) is 2.06. The Kier molecular flexibility index (Phi) is 3.96. The molecule has 0 saturated carbocycles. The first-order chi connectivity index (χ1) is 6.39. The van der Waals surface area contributed by atoms with E-state index in [0.29, 0.717) is 17.5 Å². The molecule has 1 saturated heterocycles. The van der Waals surface area contributed by atoms with E-state index in [0.717, 1.165) is 19.0 Å². The molecule has 84 valence electrons. The maximum atomic E-state index is 3.65. The first kappa shape index (κ1) is 12.0. The minimum Gasteiger partial charge on any atom is -0.311 e. The maximum Gasteiger partial charge on any atom is 0.0241 e. The molecule has 0 bridgehead atoms. The van der Waals surface area contributed by atoms with Crippen LogP contribution < -0.4 is 10.6 Å². The van der Waals surface area contributed by atoms with Crippen molar-refractivity contribution in [2.75, 3.05) is 13.1 Å². The van der Waals surface area contributed by atoms with Gasteiger partial charge in [-0.1, -0.05) is 34.6 Å². The van der Waals surface area contributed by atoms with Gasteiger partial charge in [-0.05, 0) is 17.8 Å². The van der Waals surface area contributed by atoms with Crippen LogP contribution in [0.2, 0.25) is 0 Å². The van der Waals surface area contributed by atoms with E-state index < -0.39 is 0 Å². The Hall–Kier alpha value is -0.0800. The second kappa shape index (κ2) is 4.63. The van der Waals surface area contributed by atoms with Crippen LogP contribution in [0.3, 0.4) is 0 Å². The van der Waals surface area contributed by atoms with Crippen molar-refractivity contribution in [1.29, 1.82) is 0 Å². The van der Waals surface area contributed by atoms with Gasteiger partial charge in [0.15, 0.2) is 0 Å². The van der Waals surface area contributed by atoms with Crippen molar-refractivity contribution in [3.63, 3.8) is 0 Å². The molecule has 1 aliphatic rings. The third-order valence-corrected chi connectivity index (χ3v) is 3.02. The molecule has 1 heterocycles. The quantitative estimate of drug-likeness (QED) is 0.709. The summed E-state index contributed by atoms with van der Waals surface area (Å²) in [4.78, 5) is 0. The SMILES string of the molecule is CC(C)CC1CNC(C(C)(C)C)CN1. The summed E-state index contributed by atoms with van der Waals surface area (Å²) in [6.45, 7) is 13.7. The highest BCUT2D eigenvalue weighted by molar-refractivity contribution is 4.89. The van der Waals surface area contributed by atoms with E-state index in [2.05, 4.69) is 45.3 Å². The van der Waals surface area contributed by atoms with Gasteiger partial charge in [-0.15, -0.1) is 0 Å². The van der Waals surface area contributed by atoms with Crippen LogP contribution in [0.5, 0.6) is 0 Å². The van der Waals surface area contributed by atoms with E-state index in [4.69, 9.17) is 0 Å². The summed E-state index contributed by atoms with van der Waals surface area (Å²) in [6, 6.07) is 1.29. The highest BCUT2D eigenvalue weighted by Crippen LogP contribution is 2.21. The predicted molar refractivity (Wildman–Crippen MR) is 62.5 cm³/mol. The Morgan fingerprint density at radius 2 is 1.79 bits per heavy atom. The lowest BCUT2D eigenvalue weighted by atomic mass is 9.85. The number of piperazine rings is 1. The monoisotopic (exact) mass is 198 g/mol. The van der Waals surface area contributed by atoms with E-state index in [1.807, 2.05) is 0 Å². The maximum absolute atomic E-state index is 3.65. The third kappa shape index (κ3) is 3.58. The molecular weight excluding hydrogens is 172 g/mol. The van der Waals surface area contributed by atoms with Crippen molar-refractivity contribution in [3.05, 3.63) is 0 Å². The zero-order chi connectivity index (χ0) is 10.8. The molecule has 0 radical (unpaired) electrons. The van der Waals surface area contributed by atoms with Crippen molar-refractivity contribution in [3.8, 4) is 0 Å². The van der Waals surface area contributed by atoms with Gasteiger partial charge in [-0.3, -0.25) is 0 Å². The predicted octanol–water partition coefficient (Wildman–Crippen LogP) is 2.01. The molecule has 0 amide bonds. The molecule has 1 aliphatic heterocycles. The summed E-state index contributed by atoms with van der Waals surface area (Å²) >= 11 is 0. The van der Waals surface area contributed by atoms with E-state index in [9.17, 15) is 0 Å². The minimum absolute atomic E-state index is 0.371. The van der Waals surface area contributed by atoms with Gasteiger partial charge in [0, 0.05) is 25.2 Å². The number of hydrogen-bond acceptors (Lipinski definition) is 2. The number of nitrogens with one attached hydrogen (secondary N) is 2. The van der Waals surface area contributed by atoms with Gasteiger partial charge in [0.2, 0.25) is 0 Å². The Morgan fingerprint density at radius 1 is 1.14 bits per heavy atom. The summed E-state index contributed by atoms with van der Waals surface area (Å²) in [7, 11) is 0. The largest absolute Gasteiger partial charge is 0.311 e. The summed E-state index contributed by atoms with van der Waals surface area (Å²) in [5, 5.41) is 7.30. The lowest BCUT2D eigenvalue weighted by Crippen LogP contribution is -2.58. The molecule has 2 heteroatoms. The van der Waals surface area contributed by atoms with E-state index in [1.54, 1.807) is 0 Å². The lowest BCUT2D eigenvalue weighted by molar-refractivity contribution is 0.205. The smallest absolute Gasteiger partial charge is 0.0241 e. The van der Waals surface area contributed by atoms with Crippen LogP contribution in [0.1, 0.15) is 41.0 Å². The van der Waals surface area contributed by atoms with Gasteiger partial charge in [-0.25, -0.2) is 0 Å². The molecule has 0 spiro atoms. The zero-order valence-electron chi connectivity index (χ0n) is 10.4. The van der Waals surface area contributed by atoms with Crippen molar-refractivity contribution < 1.29 is 0 Å². The van der Waals surface area contributed by atoms with Crippen molar-refractivity contribution >= 4 is 0 Å². The normalized spacial score (nSPS) is 29.6. The van der Waals surface area contributed by atoms with Crippen LogP contribution in [0.4, 0.5) is 0 Å². The number of hydrogen-bond donors (Lipinski definition) is 2. The molecule has 0 aromatic carbocycles.